The SMILES string of the molecule is CC1(C#N)Cc2ccccc2C(=O)N1CCNP. The van der Waals surface area contributed by atoms with E-state index in [4.69, 9.17) is 0 Å². The van der Waals surface area contributed by atoms with Crippen LogP contribution < -0.4 is 5.09 Å². The first-order valence-electron chi connectivity index (χ1n) is 5.87. The van der Waals surface area contributed by atoms with Crippen molar-refractivity contribution in [3.8, 4) is 6.07 Å². The smallest absolute Gasteiger partial charge is 0.255 e. The third kappa shape index (κ3) is 2.12. The molecule has 4 nitrogen and oxygen atoms in total. The van der Waals surface area contributed by atoms with Gasteiger partial charge in [-0.2, -0.15) is 5.26 Å². The van der Waals surface area contributed by atoms with Crippen LogP contribution in [-0.2, 0) is 6.42 Å². The fourth-order valence-electron chi connectivity index (χ4n) is 2.34. The first kappa shape index (κ1) is 13.0. The van der Waals surface area contributed by atoms with E-state index in [1.54, 1.807) is 4.90 Å². The Kier molecular flexibility index (Phi) is 3.65. The number of nitrogens with one attached hydrogen (secondary N) is 1. The average molecular weight is 261 g/mol. The summed E-state index contributed by atoms with van der Waals surface area (Å²) in [5.41, 5.74) is 0.920. The van der Waals surface area contributed by atoms with E-state index in [2.05, 4.69) is 20.5 Å². The molecule has 0 saturated heterocycles. The van der Waals surface area contributed by atoms with Crippen molar-refractivity contribution < 1.29 is 4.79 Å². The minimum Gasteiger partial charge on any atom is -0.319 e. The summed E-state index contributed by atoms with van der Waals surface area (Å²) in [6.07, 6.45) is 0.586. The second kappa shape index (κ2) is 5.06. The van der Waals surface area contributed by atoms with Crippen LogP contribution in [0.2, 0.25) is 0 Å². The minimum absolute atomic E-state index is 0.0545. The molecule has 0 radical (unpaired) electrons. The topological polar surface area (TPSA) is 56.1 Å². The Morgan fingerprint density at radius 2 is 2.28 bits per heavy atom. The Hall–Kier alpha value is -1.43. The first-order chi connectivity index (χ1) is 8.62. The average Bonchev–Trinajstić information content (AvgIpc) is 2.38. The van der Waals surface area contributed by atoms with Gasteiger partial charge in [0.05, 0.1) is 6.07 Å². The predicted molar refractivity (Wildman–Crippen MR) is 72.9 cm³/mol. The van der Waals surface area contributed by atoms with Crippen LogP contribution in [0, 0.1) is 11.3 Å². The molecule has 94 valence electrons. The molecule has 0 spiro atoms. The molecule has 2 unspecified atom stereocenters. The molecule has 0 saturated carbocycles. The van der Waals surface area contributed by atoms with E-state index in [0.29, 0.717) is 25.1 Å². The summed E-state index contributed by atoms with van der Waals surface area (Å²) < 4.78 is 0. The van der Waals surface area contributed by atoms with Crippen LogP contribution >= 0.6 is 9.39 Å². The Morgan fingerprint density at radius 3 is 2.94 bits per heavy atom. The van der Waals surface area contributed by atoms with Gasteiger partial charge in [-0.15, -0.1) is 0 Å². The van der Waals surface area contributed by atoms with Gasteiger partial charge in [-0.05, 0) is 18.6 Å². The normalized spacial score (nSPS) is 22.5. The van der Waals surface area contributed by atoms with Gasteiger partial charge in [0.15, 0.2) is 0 Å². The predicted octanol–water partition coefficient (Wildman–Crippen LogP) is 1.35. The molecule has 0 fully saturated rings. The number of carbonyl (C=O) groups is 1. The zero-order chi connectivity index (χ0) is 13.2. The van der Waals surface area contributed by atoms with Gasteiger partial charge in [-0.3, -0.25) is 9.88 Å². The van der Waals surface area contributed by atoms with E-state index in [1.165, 1.54) is 0 Å². The number of carbonyl (C=O) groups excluding carboxylic acids is 1. The number of nitrogens with zero attached hydrogens (tertiary/aromatic N) is 2. The third-order valence-corrected chi connectivity index (χ3v) is 3.63. The molecule has 2 rings (SSSR count). The van der Waals surface area contributed by atoms with Crippen LogP contribution in [0.15, 0.2) is 24.3 Å². The molecule has 1 aliphatic heterocycles. The molecule has 2 atom stereocenters. The van der Waals surface area contributed by atoms with Crippen LogP contribution in [-0.4, -0.2) is 29.4 Å². The van der Waals surface area contributed by atoms with Crippen molar-refractivity contribution in [2.24, 2.45) is 0 Å². The lowest BCUT2D eigenvalue weighted by atomic mass is 9.84. The number of hydrogen-bond donors (Lipinski definition) is 1. The Bertz CT molecular complexity index is 511. The van der Waals surface area contributed by atoms with Crippen LogP contribution in [0.25, 0.3) is 0 Å². The number of benzene rings is 1. The molecule has 1 aliphatic rings. The third-order valence-electron chi connectivity index (χ3n) is 3.34. The second-order valence-corrected chi connectivity index (χ2v) is 5.04. The van der Waals surface area contributed by atoms with E-state index < -0.39 is 5.54 Å². The zero-order valence-electron chi connectivity index (χ0n) is 10.3. The molecular weight excluding hydrogens is 245 g/mol. The van der Waals surface area contributed by atoms with Crippen LogP contribution in [0.5, 0.6) is 0 Å². The highest BCUT2D eigenvalue weighted by Gasteiger charge is 2.41. The quantitative estimate of drug-likeness (QED) is 0.835. The van der Waals surface area contributed by atoms with E-state index >= 15 is 0 Å². The molecule has 0 bridgehead atoms. The van der Waals surface area contributed by atoms with Crippen molar-refractivity contribution in [1.82, 2.24) is 9.99 Å². The molecule has 1 aromatic rings. The summed E-state index contributed by atoms with van der Waals surface area (Å²) in [6.45, 7) is 3.00. The van der Waals surface area contributed by atoms with Gasteiger partial charge in [0.2, 0.25) is 0 Å². The summed E-state index contributed by atoms with van der Waals surface area (Å²) in [5, 5.41) is 12.3. The maximum Gasteiger partial charge on any atom is 0.255 e. The lowest BCUT2D eigenvalue weighted by molar-refractivity contribution is 0.0583. The summed E-state index contributed by atoms with van der Waals surface area (Å²) in [4.78, 5) is 14.1. The largest absolute Gasteiger partial charge is 0.319 e. The van der Waals surface area contributed by atoms with Gasteiger partial charge in [0, 0.05) is 25.1 Å². The number of fused-ring (bicyclic) bond motifs is 1. The molecule has 1 heterocycles. The van der Waals surface area contributed by atoms with Gasteiger partial charge >= 0.3 is 0 Å². The Balaban J connectivity index is 2.41. The van der Waals surface area contributed by atoms with Crippen molar-refractivity contribution in [2.75, 3.05) is 13.1 Å². The van der Waals surface area contributed by atoms with E-state index in [1.807, 2.05) is 31.2 Å². The molecule has 1 N–H and O–H groups in total. The van der Waals surface area contributed by atoms with E-state index in [-0.39, 0.29) is 5.91 Å². The lowest BCUT2D eigenvalue weighted by Crippen LogP contribution is -2.55. The van der Waals surface area contributed by atoms with Gasteiger partial charge in [-0.25, -0.2) is 0 Å². The van der Waals surface area contributed by atoms with Gasteiger partial charge in [0.1, 0.15) is 5.54 Å². The fraction of sp³-hybridized carbons (Fsp3) is 0.385. The van der Waals surface area contributed by atoms with Gasteiger partial charge in [0.25, 0.3) is 5.91 Å². The Labute approximate surface area is 109 Å². The standard InChI is InChI=1S/C13H16N3OP/c1-13(9-14)8-10-4-2-3-5-11(10)12(17)16(13)7-6-15-18/h2-5,15H,6-8,18H2,1H3. The highest BCUT2D eigenvalue weighted by Crippen LogP contribution is 2.30. The Morgan fingerprint density at radius 1 is 1.56 bits per heavy atom. The number of rotatable bonds is 3. The van der Waals surface area contributed by atoms with Crippen molar-refractivity contribution >= 4 is 15.3 Å². The minimum atomic E-state index is -0.757. The summed E-state index contributed by atoms with van der Waals surface area (Å²) >= 11 is 0. The molecular formula is C13H16N3OP. The van der Waals surface area contributed by atoms with Crippen molar-refractivity contribution in [3.63, 3.8) is 0 Å². The molecule has 1 amide bonds. The molecule has 18 heavy (non-hydrogen) atoms. The van der Waals surface area contributed by atoms with Crippen LogP contribution in [0.4, 0.5) is 0 Å². The van der Waals surface area contributed by atoms with Crippen molar-refractivity contribution in [2.45, 2.75) is 18.9 Å². The molecule has 0 aromatic heterocycles. The molecule has 0 aliphatic carbocycles. The first-order valence-corrected chi connectivity index (χ1v) is 6.45. The van der Waals surface area contributed by atoms with Crippen LogP contribution in [0.1, 0.15) is 22.8 Å². The highest BCUT2D eigenvalue weighted by atomic mass is 31.0. The van der Waals surface area contributed by atoms with Crippen molar-refractivity contribution in [3.05, 3.63) is 35.4 Å². The number of nitriles is 1. The van der Waals surface area contributed by atoms with Gasteiger partial charge < -0.3 is 4.90 Å². The van der Waals surface area contributed by atoms with E-state index in [9.17, 15) is 10.1 Å². The summed E-state index contributed by atoms with van der Waals surface area (Å²) in [5.74, 6) is -0.0545. The lowest BCUT2D eigenvalue weighted by Gasteiger charge is -2.40. The van der Waals surface area contributed by atoms with E-state index in [0.717, 1.165) is 5.56 Å². The monoisotopic (exact) mass is 261 g/mol. The molecule has 1 aromatic carbocycles. The van der Waals surface area contributed by atoms with Crippen molar-refractivity contribution in [1.29, 1.82) is 5.26 Å². The maximum atomic E-state index is 12.4. The number of hydrogen-bond acceptors (Lipinski definition) is 3. The molecule has 5 heteroatoms. The maximum absolute atomic E-state index is 12.4. The highest BCUT2D eigenvalue weighted by molar-refractivity contribution is 7.13. The van der Waals surface area contributed by atoms with Gasteiger partial charge in [-0.1, -0.05) is 27.6 Å². The zero-order valence-corrected chi connectivity index (χ0v) is 11.5. The fourth-order valence-corrected chi connectivity index (χ4v) is 2.47. The summed E-state index contributed by atoms with van der Waals surface area (Å²) in [6, 6.07) is 9.80. The van der Waals surface area contributed by atoms with Crippen LogP contribution in [0.3, 0.4) is 0 Å². The summed E-state index contributed by atoms with van der Waals surface area (Å²) in [7, 11) is 2.41. The second-order valence-electron chi connectivity index (χ2n) is 4.63. The number of amides is 1.